The third kappa shape index (κ3) is 32.3. The van der Waals surface area contributed by atoms with Crippen molar-refractivity contribution in [2.75, 3.05) is 13.2 Å². The molecule has 0 rings (SSSR count). The molecular formula is C40H72N2O7. The predicted molar refractivity (Wildman–Crippen MR) is 199 cm³/mol. The quantitative estimate of drug-likeness (QED) is 0.0295. The summed E-state index contributed by atoms with van der Waals surface area (Å²) in [5.74, 6) is -2.40. The van der Waals surface area contributed by atoms with E-state index in [0.717, 1.165) is 64.2 Å². The smallest absolute Gasteiger partial charge is 0.328 e. The van der Waals surface area contributed by atoms with Crippen molar-refractivity contribution in [1.82, 2.24) is 10.6 Å². The Hall–Kier alpha value is -2.68. The number of carboxylic acids is 1. The molecule has 2 amide bonds. The first-order valence-electron chi connectivity index (χ1n) is 19.7. The number of aliphatic hydroxyl groups excluding tert-OH is 1. The number of nitrogens with one attached hydrogen (secondary N) is 2. The summed E-state index contributed by atoms with van der Waals surface area (Å²) >= 11 is 0. The zero-order valence-electron chi connectivity index (χ0n) is 31.2. The van der Waals surface area contributed by atoms with Crippen molar-refractivity contribution in [2.45, 2.75) is 193 Å². The van der Waals surface area contributed by atoms with E-state index in [4.69, 9.17) is 14.9 Å². The number of allylic oxidation sites excluding steroid dienone is 3. The van der Waals surface area contributed by atoms with Crippen molar-refractivity contribution in [3.8, 4) is 0 Å². The number of unbranched alkanes of at least 4 members (excludes halogenated alkanes) is 19. The van der Waals surface area contributed by atoms with Gasteiger partial charge in [0.2, 0.25) is 11.8 Å². The largest absolute Gasteiger partial charge is 0.480 e. The highest BCUT2D eigenvalue weighted by atomic mass is 16.5. The molecule has 0 saturated carbocycles. The molecule has 0 bridgehead atoms. The number of amides is 2. The normalized spacial score (nSPS) is 12.7. The molecule has 49 heavy (non-hydrogen) atoms. The second-order valence-electron chi connectivity index (χ2n) is 13.4. The Bertz CT molecular complexity index is 890. The number of esters is 1. The van der Waals surface area contributed by atoms with Gasteiger partial charge in [0.15, 0.2) is 0 Å². The Morgan fingerprint density at radius 1 is 0.612 bits per heavy atom. The number of rotatable bonds is 35. The van der Waals surface area contributed by atoms with E-state index in [1.165, 1.54) is 83.5 Å². The Morgan fingerprint density at radius 2 is 1.10 bits per heavy atom. The van der Waals surface area contributed by atoms with Gasteiger partial charge in [-0.15, -0.1) is 0 Å². The fraction of sp³-hybridized carbons (Fsp3) is 0.800. The average Bonchev–Trinajstić information content (AvgIpc) is 3.08. The van der Waals surface area contributed by atoms with Gasteiger partial charge in [-0.25, -0.2) is 4.79 Å². The lowest BCUT2D eigenvalue weighted by atomic mass is 10.1. The van der Waals surface area contributed by atoms with Crippen molar-refractivity contribution >= 4 is 23.8 Å². The third-order valence-electron chi connectivity index (χ3n) is 8.66. The van der Waals surface area contributed by atoms with Crippen molar-refractivity contribution in [2.24, 2.45) is 0 Å². The summed E-state index contributed by atoms with van der Waals surface area (Å²) in [5.41, 5.74) is 0. The first kappa shape index (κ1) is 46.3. The van der Waals surface area contributed by atoms with Gasteiger partial charge in [0.05, 0.1) is 13.2 Å². The Kier molecular flexibility index (Phi) is 33.2. The van der Waals surface area contributed by atoms with Crippen molar-refractivity contribution in [1.29, 1.82) is 0 Å². The van der Waals surface area contributed by atoms with Crippen LogP contribution in [0.5, 0.6) is 0 Å². The van der Waals surface area contributed by atoms with E-state index in [0.29, 0.717) is 12.8 Å². The third-order valence-corrected chi connectivity index (χ3v) is 8.66. The Labute approximate surface area is 298 Å². The maximum Gasteiger partial charge on any atom is 0.328 e. The van der Waals surface area contributed by atoms with Crippen LogP contribution in [0.25, 0.3) is 0 Å². The first-order chi connectivity index (χ1) is 23.8. The fourth-order valence-corrected chi connectivity index (χ4v) is 5.56. The summed E-state index contributed by atoms with van der Waals surface area (Å²) in [6, 6.07) is -1.39. The van der Waals surface area contributed by atoms with Gasteiger partial charge in [0.1, 0.15) is 12.1 Å². The summed E-state index contributed by atoms with van der Waals surface area (Å²) in [7, 11) is 0. The van der Waals surface area contributed by atoms with Gasteiger partial charge in [-0.3, -0.25) is 14.4 Å². The van der Waals surface area contributed by atoms with Gasteiger partial charge in [0, 0.05) is 12.8 Å². The van der Waals surface area contributed by atoms with Crippen molar-refractivity contribution in [3.05, 3.63) is 24.3 Å². The van der Waals surface area contributed by atoms with Crippen LogP contribution in [0, 0.1) is 0 Å². The molecular weight excluding hydrogens is 620 g/mol. The van der Waals surface area contributed by atoms with Crippen LogP contribution in [0.4, 0.5) is 0 Å². The number of hydrogen-bond acceptors (Lipinski definition) is 6. The summed E-state index contributed by atoms with van der Waals surface area (Å²) in [5, 5.41) is 22.5. The fourth-order valence-electron chi connectivity index (χ4n) is 5.56. The first-order valence-corrected chi connectivity index (χ1v) is 19.7. The zero-order chi connectivity index (χ0) is 36.2. The monoisotopic (exact) mass is 693 g/mol. The van der Waals surface area contributed by atoms with Crippen molar-refractivity contribution < 1.29 is 34.1 Å². The lowest BCUT2D eigenvalue weighted by Gasteiger charge is -2.15. The molecule has 9 nitrogen and oxygen atoms in total. The second kappa shape index (κ2) is 35.2. The van der Waals surface area contributed by atoms with Crippen LogP contribution in [-0.4, -0.2) is 59.3 Å². The van der Waals surface area contributed by atoms with Crippen LogP contribution < -0.4 is 10.6 Å². The number of hydrogen-bond donors (Lipinski definition) is 4. The molecule has 0 aromatic carbocycles. The van der Waals surface area contributed by atoms with E-state index < -0.39 is 24.5 Å². The van der Waals surface area contributed by atoms with Crippen LogP contribution in [0.15, 0.2) is 24.3 Å². The lowest BCUT2D eigenvalue weighted by Crippen LogP contribution is -2.47. The molecule has 0 aliphatic carbocycles. The summed E-state index contributed by atoms with van der Waals surface area (Å²) in [6.07, 6.45) is 36.5. The van der Waals surface area contributed by atoms with E-state index in [1.54, 1.807) is 0 Å². The molecule has 0 aliphatic rings. The van der Waals surface area contributed by atoms with E-state index in [9.17, 15) is 19.2 Å². The molecule has 0 fully saturated rings. The molecule has 0 heterocycles. The van der Waals surface area contributed by atoms with E-state index >= 15 is 0 Å². The molecule has 9 heteroatoms. The summed E-state index contributed by atoms with van der Waals surface area (Å²) < 4.78 is 5.88. The highest BCUT2D eigenvalue weighted by Gasteiger charge is 2.18. The van der Waals surface area contributed by atoms with E-state index in [1.807, 2.05) is 0 Å². The molecule has 2 unspecified atom stereocenters. The second-order valence-corrected chi connectivity index (χ2v) is 13.4. The van der Waals surface area contributed by atoms with Gasteiger partial charge >= 0.3 is 11.9 Å². The van der Waals surface area contributed by atoms with Gasteiger partial charge in [-0.2, -0.15) is 0 Å². The molecule has 0 aliphatic heterocycles. The van der Waals surface area contributed by atoms with Crippen LogP contribution in [0.2, 0.25) is 0 Å². The lowest BCUT2D eigenvalue weighted by molar-refractivity contribution is -0.147. The minimum absolute atomic E-state index is 0.120. The molecule has 4 N–H and O–H groups in total. The summed E-state index contributed by atoms with van der Waals surface area (Å²) in [4.78, 5) is 47.4. The van der Waals surface area contributed by atoms with Crippen LogP contribution >= 0.6 is 0 Å². The number of carbonyl (C=O) groups is 4. The molecule has 0 spiro atoms. The Balaban J connectivity index is 4.30. The minimum Gasteiger partial charge on any atom is -0.480 e. The molecule has 0 aromatic rings. The van der Waals surface area contributed by atoms with Gasteiger partial charge < -0.3 is 25.6 Å². The number of carboxylic acid groups (broad SMARTS) is 1. The van der Waals surface area contributed by atoms with Crippen molar-refractivity contribution in [3.63, 3.8) is 0 Å². The van der Waals surface area contributed by atoms with E-state index in [2.05, 4.69) is 48.8 Å². The molecule has 0 aromatic heterocycles. The number of carbonyl (C=O) groups excluding carboxylic acids is 3. The minimum atomic E-state index is -1.39. The highest BCUT2D eigenvalue weighted by Crippen LogP contribution is 2.15. The van der Waals surface area contributed by atoms with Gasteiger partial charge in [-0.1, -0.05) is 122 Å². The Morgan fingerprint density at radius 3 is 1.65 bits per heavy atom. The van der Waals surface area contributed by atoms with Crippen LogP contribution in [0.3, 0.4) is 0 Å². The maximum atomic E-state index is 12.7. The standard InChI is InChI=1S/C40H72N2O7/c1-3-5-7-9-11-13-14-15-16-17-18-20-22-28-32-39(46)49-35(29-25-21-19-12-10-8-6-4-2)30-26-23-24-27-31-37(44)41-33-38(45)42-36(34-43)40(47)48/h14-15,25,29,35-36,43H,3-13,16-24,26-28,30-34H2,1-2H3,(H,41,44)(H,42,45)(H,47,48)/b15-14-,29-25-. The van der Waals surface area contributed by atoms with E-state index in [-0.39, 0.29) is 30.9 Å². The molecule has 284 valence electrons. The average molecular weight is 693 g/mol. The number of aliphatic hydroxyl groups is 1. The molecule has 2 atom stereocenters. The molecule has 0 radical (unpaired) electrons. The number of aliphatic carboxylic acids is 1. The maximum absolute atomic E-state index is 12.7. The zero-order valence-corrected chi connectivity index (χ0v) is 31.2. The topological polar surface area (TPSA) is 142 Å². The van der Waals surface area contributed by atoms with Crippen LogP contribution in [0.1, 0.15) is 181 Å². The summed E-state index contributed by atoms with van der Waals surface area (Å²) in [6.45, 7) is 3.42. The SMILES string of the molecule is CCCCCCC/C=C\CCCCCCCC(=O)OC(/C=C\CCCCCCCC)CCCCCCC(=O)NCC(=O)NC(CO)C(=O)O. The van der Waals surface area contributed by atoms with Crippen LogP contribution in [-0.2, 0) is 23.9 Å². The van der Waals surface area contributed by atoms with Gasteiger partial charge in [-0.05, 0) is 70.3 Å². The van der Waals surface area contributed by atoms with Gasteiger partial charge in [0.25, 0.3) is 0 Å². The highest BCUT2D eigenvalue weighted by molar-refractivity contribution is 5.87. The number of ether oxygens (including phenoxy) is 1. The predicted octanol–water partition coefficient (Wildman–Crippen LogP) is 8.87. The molecule has 0 saturated heterocycles.